The van der Waals surface area contributed by atoms with Gasteiger partial charge in [-0.3, -0.25) is 4.79 Å². The topological polar surface area (TPSA) is 57.5 Å². The molecule has 0 radical (unpaired) electrons. The van der Waals surface area contributed by atoms with E-state index in [1.165, 1.54) is 24.8 Å². The van der Waals surface area contributed by atoms with Crippen LogP contribution < -0.4 is 0 Å². The summed E-state index contributed by atoms with van der Waals surface area (Å²) in [7, 11) is 0. The number of hydrogen-bond donors (Lipinski definition) is 2. The molecule has 0 heterocycles. The average Bonchev–Trinajstić information content (AvgIpc) is 3.07. The van der Waals surface area contributed by atoms with Gasteiger partial charge in [-0.1, -0.05) is 63.5 Å². The Hall–Kier alpha value is -1.19. The summed E-state index contributed by atoms with van der Waals surface area (Å²) in [6, 6.07) is 0. The van der Waals surface area contributed by atoms with Crippen LogP contribution in [0.15, 0.2) is 35.5 Å². The van der Waals surface area contributed by atoms with Crippen molar-refractivity contribution in [3.8, 4) is 0 Å². The molecule has 0 aliphatic heterocycles. The average molecular weight is 415 g/mol. The second-order valence-electron chi connectivity index (χ2n) is 10.4. The van der Waals surface area contributed by atoms with E-state index in [4.69, 9.17) is 0 Å². The van der Waals surface area contributed by atoms with Crippen LogP contribution in [0.4, 0.5) is 0 Å². The van der Waals surface area contributed by atoms with Gasteiger partial charge >= 0.3 is 0 Å². The maximum atomic E-state index is 12.8. The molecule has 3 saturated carbocycles. The van der Waals surface area contributed by atoms with Crippen LogP contribution in [0.3, 0.4) is 0 Å². The summed E-state index contributed by atoms with van der Waals surface area (Å²) in [5.41, 5.74) is 3.39. The van der Waals surface area contributed by atoms with Gasteiger partial charge in [-0.05, 0) is 74.2 Å². The van der Waals surface area contributed by atoms with Crippen molar-refractivity contribution < 1.29 is 15.0 Å². The third-order valence-corrected chi connectivity index (χ3v) is 8.48. The first-order valence-corrected chi connectivity index (χ1v) is 12.2. The number of ketones is 1. The molecule has 30 heavy (non-hydrogen) atoms. The Morgan fingerprint density at radius 1 is 1.20 bits per heavy atom. The summed E-state index contributed by atoms with van der Waals surface area (Å²) < 4.78 is 0. The lowest BCUT2D eigenvalue weighted by Crippen LogP contribution is -2.38. The number of unbranched alkanes of at least 4 members (excludes halogenated alkanes) is 2. The quantitative estimate of drug-likeness (QED) is 0.402. The Labute approximate surface area is 183 Å². The maximum Gasteiger partial charge on any atom is 0.135 e. The predicted molar refractivity (Wildman–Crippen MR) is 123 cm³/mol. The molecule has 0 saturated heterocycles. The number of carbonyl (C=O) groups is 1. The van der Waals surface area contributed by atoms with Crippen molar-refractivity contribution in [1.82, 2.24) is 0 Å². The molecule has 168 valence electrons. The number of hydrogen-bond acceptors (Lipinski definition) is 3. The van der Waals surface area contributed by atoms with Crippen molar-refractivity contribution in [2.24, 2.45) is 23.2 Å². The highest BCUT2D eigenvalue weighted by Crippen LogP contribution is 2.59. The number of carbonyl (C=O) groups excluding carboxylic acids is 1. The molecule has 3 aliphatic carbocycles. The molecule has 0 aromatic rings. The van der Waals surface area contributed by atoms with E-state index in [0.29, 0.717) is 36.0 Å². The normalized spacial score (nSPS) is 36.6. The van der Waals surface area contributed by atoms with E-state index in [-0.39, 0.29) is 11.3 Å². The molecular weight excluding hydrogens is 372 g/mol. The lowest BCUT2D eigenvalue weighted by molar-refractivity contribution is -0.125. The molecule has 3 rings (SSSR count). The van der Waals surface area contributed by atoms with Crippen LogP contribution in [-0.2, 0) is 4.79 Å². The number of aliphatic hydroxyl groups excluding tert-OH is 2. The zero-order valence-electron chi connectivity index (χ0n) is 19.3. The fourth-order valence-electron chi connectivity index (χ4n) is 6.53. The van der Waals surface area contributed by atoms with Crippen molar-refractivity contribution in [2.45, 2.75) is 104 Å². The third-order valence-electron chi connectivity index (χ3n) is 8.48. The molecule has 6 atom stereocenters. The van der Waals surface area contributed by atoms with Gasteiger partial charge in [-0.15, -0.1) is 0 Å². The number of Topliss-reactive ketones (excluding diaryl/α,β-unsaturated/α-hetero) is 1. The minimum Gasteiger partial charge on any atom is -0.388 e. The van der Waals surface area contributed by atoms with Gasteiger partial charge in [-0.2, -0.15) is 0 Å². The largest absolute Gasteiger partial charge is 0.388 e. The van der Waals surface area contributed by atoms with Crippen LogP contribution in [0.25, 0.3) is 0 Å². The van der Waals surface area contributed by atoms with Crippen LogP contribution in [-0.4, -0.2) is 28.2 Å². The first-order chi connectivity index (χ1) is 14.3. The number of aliphatic hydroxyl groups is 2. The van der Waals surface area contributed by atoms with Crippen molar-refractivity contribution in [3.05, 3.63) is 35.5 Å². The molecule has 3 heteroatoms. The fourth-order valence-corrected chi connectivity index (χ4v) is 6.53. The van der Waals surface area contributed by atoms with Gasteiger partial charge in [0.05, 0.1) is 12.2 Å². The molecule has 0 unspecified atom stereocenters. The molecule has 3 nitrogen and oxygen atoms in total. The maximum absolute atomic E-state index is 12.8. The molecule has 3 fully saturated rings. The Morgan fingerprint density at radius 3 is 2.57 bits per heavy atom. The minimum absolute atomic E-state index is 0.171. The lowest BCUT2D eigenvalue weighted by Gasteiger charge is -2.44. The van der Waals surface area contributed by atoms with Crippen LogP contribution in [0.5, 0.6) is 0 Å². The molecule has 2 N–H and O–H groups in total. The van der Waals surface area contributed by atoms with Crippen LogP contribution in [0.1, 0.15) is 91.4 Å². The van der Waals surface area contributed by atoms with E-state index in [1.807, 2.05) is 0 Å². The molecular formula is C27H42O3. The molecule has 0 amide bonds. The van der Waals surface area contributed by atoms with E-state index < -0.39 is 12.2 Å². The highest BCUT2D eigenvalue weighted by molar-refractivity contribution is 5.81. The van der Waals surface area contributed by atoms with Gasteiger partial charge in [0, 0.05) is 12.3 Å². The van der Waals surface area contributed by atoms with Crippen LogP contribution >= 0.6 is 0 Å². The minimum atomic E-state index is -0.634. The lowest BCUT2D eigenvalue weighted by atomic mass is 9.60. The first kappa shape index (κ1) is 23.5. The van der Waals surface area contributed by atoms with Gasteiger partial charge < -0.3 is 10.2 Å². The number of allylic oxidation sites excluding steroid dienone is 3. The molecule has 0 aromatic heterocycles. The van der Waals surface area contributed by atoms with Gasteiger partial charge in [0.25, 0.3) is 0 Å². The fraction of sp³-hybridized carbons (Fsp3) is 0.741. The van der Waals surface area contributed by atoms with Gasteiger partial charge in [0.15, 0.2) is 0 Å². The Bertz CT molecular complexity index is 687. The van der Waals surface area contributed by atoms with E-state index >= 15 is 0 Å². The summed E-state index contributed by atoms with van der Waals surface area (Å²) in [6.07, 6.45) is 14.3. The third kappa shape index (κ3) is 4.83. The van der Waals surface area contributed by atoms with Gasteiger partial charge in [0.2, 0.25) is 0 Å². The SMILES string of the molecule is C=C1[C@H](O)CC(=C/C=C2\CCC[C@]3(C)[C@@H]([C@H](C)C(=O)CCCCC)CC[C@@H]23)C[C@H]1O. The zero-order chi connectivity index (χ0) is 21.9. The summed E-state index contributed by atoms with van der Waals surface area (Å²) in [5, 5.41) is 20.2. The second kappa shape index (κ2) is 9.96. The Balaban J connectivity index is 1.71. The monoisotopic (exact) mass is 414 g/mol. The summed E-state index contributed by atoms with van der Waals surface area (Å²) in [5.74, 6) is 1.70. The van der Waals surface area contributed by atoms with Crippen molar-refractivity contribution in [2.75, 3.05) is 0 Å². The van der Waals surface area contributed by atoms with Crippen molar-refractivity contribution in [3.63, 3.8) is 0 Å². The van der Waals surface area contributed by atoms with Crippen LogP contribution in [0, 0.1) is 23.2 Å². The molecule has 0 spiro atoms. The highest BCUT2D eigenvalue weighted by Gasteiger charge is 2.51. The summed E-state index contributed by atoms with van der Waals surface area (Å²) >= 11 is 0. The van der Waals surface area contributed by atoms with Gasteiger partial charge in [-0.25, -0.2) is 0 Å². The Kier molecular flexibility index (Phi) is 7.79. The Morgan fingerprint density at radius 2 is 1.90 bits per heavy atom. The second-order valence-corrected chi connectivity index (χ2v) is 10.4. The van der Waals surface area contributed by atoms with Crippen LogP contribution in [0.2, 0.25) is 0 Å². The smallest absolute Gasteiger partial charge is 0.135 e. The molecule has 0 bridgehead atoms. The molecule has 3 aliphatic rings. The summed E-state index contributed by atoms with van der Waals surface area (Å²) in [4.78, 5) is 12.8. The zero-order valence-corrected chi connectivity index (χ0v) is 19.3. The van der Waals surface area contributed by atoms with Crippen molar-refractivity contribution >= 4 is 5.78 Å². The van der Waals surface area contributed by atoms with E-state index in [0.717, 1.165) is 44.1 Å². The van der Waals surface area contributed by atoms with Crippen molar-refractivity contribution in [1.29, 1.82) is 0 Å². The number of fused-ring (bicyclic) bond motifs is 1. The highest BCUT2D eigenvalue weighted by atomic mass is 16.3. The van der Waals surface area contributed by atoms with E-state index in [2.05, 4.69) is 39.5 Å². The van der Waals surface area contributed by atoms with Gasteiger partial charge in [0.1, 0.15) is 5.78 Å². The predicted octanol–water partition coefficient (Wildman–Crippen LogP) is 5.91. The van der Waals surface area contributed by atoms with E-state index in [1.54, 1.807) is 0 Å². The standard InChI is InChI=1S/C27H42O3/c1-5-6-7-10-24(28)18(2)22-13-14-23-21(9-8-15-27(22,23)4)12-11-20-16-25(29)19(3)26(30)17-20/h11-12,18,22-23,25-26,29-30H,3,5-10,13-17H2,1-2,4H3/b21-12+/t18-,22+,23-,25+,26+,27+/m0/s1. The first-order valence-electron chi connectivity index (χ1n) is 12.2. The number of rotatable bonds is 7. The van der Waals surface area contributed by atoms with E-state index in [9.17, 15) is 15.0 Å². The molecule has 0 aromatic carbocycles. The summed E-state index contributed by atoms with van der Waals surface area (Å²) in [6.45, 7) is 10.6.